The van der Waals surface area contributed by atoms with E-state index in [9.17, 15) is 36.6 Å². The number of nitrogens with zero attached hydrogens (tertiary/aromatic N) is 2. The van der Waals surface area contributed by atoms with Gasteiger partial charge in [0.25, 0.3) is 12.0 Å². The van der Waals surface area contributed by atoms with Gasteiger partial charge in [0.05, 0.1) is 17.5 Å². The Hall–Kier alpha value is -3.58. The average molecular weight is 556 g/mol. The van der Waals surface area contributed by atoms with Crippen LogP contribution >= 0.6 is 11.3 Å². The van der Waals surface area contributed by atoms with Gasteiger partial charge in [-0.2, -0.15) is 13.2 Å². The zero-order valence-electron chi connectivity index (χ0n) is 20.1. The second-order valence-corrected chi connectivity index (χ2v) is 9.54. The number of aliphatic hydroxyl groups excluding tert-OH is 1. The molecule has 3 heterocycles. The summed E-state index contributed by atoms with van der Waals surface area (Å²) in [7, 11) is 0. The SMILES string of the molecule is CCc1ccc(COc2ncc(-c3sc4c(c3C)c(=O)[nH]c(=O)n4CC(O)C(F)(F)F)cc2C(F)F)cc1. The normalized spacial score (nSPS) is 12.9. The van der Waals surface area contributed by atoms with E-state index in [0.717, 1.165) is 35.0 Å². The first-order chi connectivity index (χ1) is 17.9. The van der Waals surface area contributed by atoms with Crippen LogP contribution in [0.2, 0.25) is 0 Å². The van der Waals surface area contributed by atoms with Crippen LogP contribution < -0.4 is 16.0 Å². The van der Waals surface area contributed by atoms with Crippen LogP contribution in [-0.4, -0.2) is 31.9 Å². The highest BCUT2D eigenvalue weighted by Crippen LogP contribution is 2.39. The highest BCUT2D eigenvalue weighted by Gasteiger charge is 2.39. The number of halogens is 5. The number of fused-ring (bicyclic) bond motifs is 1. The van der Waals surface area contributed by atoms with Crippen LogP contribution in [0.4, 0.5) is 22.0 Å². The van der Waals surface area contributed by atoms with E-state index in [1.54, 1.807) is 0 Å². The summed E-state index contributed by atoms with van der Waals surface area (Å²) >= 11 is 0.763. The second kappa shape index (κ2) is 10.7. The van der Waals surface area contributed by atoms with Crippen molar-refractivity contribution in [1.82, 2.24) is 14.5 Å². The van der Waals surface area contributed by atoms with Gasteiger partial charge in [-0.05, 0) is 36.1 Å². The average Bonchev–Trinajstić information content (AvgIpc) is 3.22. The van der Waals surface area contributed by atoms with Gasteiger partial charge >= 0.3 is 11.9 Å². The number of H-pyrrole nitrogens is 1. The molecule has 0 aliphatic carbocycles. The Morgan fingerprint density at radius 2 is 1.82 bits per heavy atom. The van der Waals surface area contributed by atoms with Crippen molar-refractivity contribution in [1.29, 1.82) is 0 Å². The fourth-order valence-corrected chi connectivity index (χ4v) is 5.18. The van der Waals surface area contributed by atoms with Crippen LogP contribution in [0.3, 0.4) is 0 Å². The zero-order valence-corrected chi connectivity index (χ0v) is 20.9. The highest BCUT2D eigenvalue weighted by atomic mass is 32.1. The number of ether oxygens (including phenoxy) is 1. The number of pyridine rings is 1. The van der Waals surface area contributed by atoms with Gasteiger partial charge in [0.15, 0.2) is 6.10 Å². The molecule has 0 spiro atoms. The summed E-state index contributed by atoms with van der Waals surface area (Å²) < 4.78 is 72.8. The Balaban J connectivity index is 1.73. The van der Waals surface area contributed by atoms with E-state index >= 15 is 0 Å². The number of benzene rings is 1. The Bertz CT molecular complexity index is 1580. The van der Waals surface area contributed by atoms with Gasteiger partial charge in [-0.15, -0.1) is 11.3 Å². The molecule has 0 radical (unpaired) electrons. The fraction of sp³-hybridized carbons (Fsp3) is 0.320. The third-order valence-corrected chi connectivity index (χ3v) is 7.35. The molecule has 2 N–H and O–H groups in total. The number of thiophene rings is 1. The molecule has 0 aliphatic heterocycles. The number of aromatic amines is 1. The minimum atomic E-state index is -5.00. The molecule has 1 unspecified atom stereocenters. The molecule has 0 aliphatic rings. The minimum absolute atomic E-state index is 0.00115. The lowest BCUT2D eigenvalue weighted by atomic mass is 10.1. The van der Waals surface area contributed by atoms with Gasteiger partial charge in [0.2, 0.25) is 5.88 Å². The molecule has 0 bridgehead atoms. The van der Waals surface area contributed by atoms with Crippen molar-refractivity contribution in [3.63, 3.8) is 0 Å². The number of aryl methyl sites for hydroxylation is 2. The van der Waals surface area contributed by atoms with E-state index < -0.39 is 42.1 Å². The molecule has 1 aromatic carbocycles. The summed E-state index contributed by atoms with van der Waals surface area (Å²) in [4.78, 5) is 30.9. The van der Waals surface area contributed by atoms with E-state index in [1.807, 2.05) is 36.2 Å². The molecule has 13 heteroatoms. The van der Waals surface area contributed by atoms with E-state index in [0.29, 0.717) is 4.57 Å². The lowest BCUT2D eigenvalue weighted by Crippen LogP contribution is -2.38. The monoisotopic (exact) mass is 555 g/mol. The maximum Gasteiger partial charge on any atom is 0.416 e. The summed E-state index contributed by atoms with van der Waals surface area (Å²) in [6, 6.07) is 8.59. The third-order valence-electron chi connectivity index (χ3n) is 5.98. The van der Waals surface area contributed by atoms with Crippen molar-refractivity contribution >= 4 is 21.6 Å². The first-order valence-corrected chi connectivity index (χ1v) is 12.2. The van der Waals surface area contributed by atoms with Gasteiger partial charge < -0.3 is 9.84 Å². The molecule has 0 saturated heterocycles. The highest BCUT2D eigenvalue weighted by molar-refractivity contribution is 7.22. The van der Waals surface area contributed by atoms with Crippen LogP contribution in [0.1, 0.15) is 35.6 Å². The summed E-state index contributed by atoms with van der Waals surface area (Å²) in [5.74, 6) is -0.287. The molecule has 202 valence electrons. The molecule has 38 heavy (non-hydrogen) atoms. The quantitative estimate of drug-likeness (QED) is 0.294. The van der Waals surface area contributed by atoms with E-state index in [4.69, 9.17) is 4.74 Å². The first-order valence-electron chi connectivity index (χ1n) is 11.4. The molecule has 0 fully saturated rings. The molecular weight excluding hydrogens is 533 g/mol. The van der Waals surface area contributed by atoms with Crippen LogP contribution in [0.15, 0.2) is 46.1 Å². The molecule has 0 saturated carbocycles. The van der Waals surface area contributed by atoms with Crippen LogP contribution in [0, 0.1) is 6.92 Å². The first kappa shape index (κ1) is 27.5. The standard InChI is InChI=1S/C25H22F5N3O4S/c1-3-13-4-6-14(7-5-13)11-37-22-16(20(26)27)8-15(9-31-22)19-12(2)18-21(35)32-24(36)33(23(18)38-19)10-17(34)25(28,29)30/h4-9,17,20,34H,3,10-11H2,1-2H3,(H,32,35,36). The molecule has 1 atom stereocenters. The largest absolute Gasteiger partial charge is 0.472 e. The Labute approximate surface area is 216 Å². The smallest absolute Gasteiger partial charge is 0.416 e. The Morgan fingerprint density at radius 3 is 2.42 bits per heavy atom. The maximum absolute atomic E-state index is 13.9. The lowest BCUT2D eigenvalue weighted by molar-refractivity contribution is -0.207. The summed E-state index contributed by atoms with van der Waals surface area (Å²) in [6.07, 6.45) is -8.72. The minimum Gasteiger partial charge on any atom is -0.472 e. The number of hydrogen-bond acceptors (Lipinski definition) is 6. The number of hydrogen-bond donors (Lipinski definition) is 2. The van der Waals surface area contributed by atoms with Crippen LogP contribution in [0.5, 0.6) is 5.88 Å². The fourth-order valence-electron chi connectivity index (χ4n) is 3.89. The predicted molar refractivity (Wildman–Crippen MR) is 132 cm³/mol. The number of alkyl halides is 5. The molecule has 3 aromatic heterocycles. The lowest BCUT2D eigenvalue weighted by Gasteiger charge is -2.15. The molecule has 0 amide bonds. The Kier molecular flexibility index (Phi) is 7.70. The van der Waals surface area contributed by atoms with E-state index in [1.165, 1.54) is 13.1 Å². The van der Waals surface area contributed by atoms with Gasteiger partial charge in [0.1, 0.15) is 11.4 Å². The third kappa shape index (κ3) is 5.48. The van der Waals surface area contributed by atoms with Crippen molar-refractivity contribution in [3.8, 4) is 16.3 Å². The van der Waals surface area contributed by atoms with Crippen molar-refractivity contribution in [2.24, 2.45) is 0 Å². The van der Waals surface area contributed by atoms with Crippen molar-refractivity contribution < 1.29 is 31.8 Å². The van der Waals surface area contributed by atoms with Crippen molar-refractivity contribution in [2.75, 3.05) is 0 Å². The molecule has 4 rings (SSSR count). The number of nitrogens with one attached hydrogen (secondary N) is 1. The van der Waals surface area contributed by atoms with E-state index in [2.05, 4.69) is 4.98 Å². The van der Waals surface area contributed by atoms with Gasteiger partial charge in [-0.3, -0.25) is 14.3 Å². The molecule has 4 aromatic rings. The summed E-state index contributed by atoms with van der Waals surface area (Å²) in [5.41, 5.74) is -0.211. The maximum atomic E-state index is 13.9. The number of aromatic nitrogens is 3. The van der Waals surface area contributed by atoms with Gasteiger partial charge in [0, 0.05) is 16.6 Å². The zero-order chi connectivity index (χ0) is 27.8. The summed E-state index contributed by atoms with van der Waals surface area (Å²) in [5, 5.41) is 9.40. The molecule has 7 nitrogen and oxygen atoms in total. The van der Waals surface area contributed by atoms with Crippen molar-refractivity contribution in [3.05, 3.63) is 79.6 Å². The van der Waals surface area contributed by atoms with Crippen molar-refractivity contribution in [2.45, 2.75) is 52.1 Å². The van der Waals surface area contributed by atoms with Crippen LogP contribution in [-0.2, 0) is 19.6 Å². The second-order valence-electron chi connectivity index (χ2n) is 8.54. The predicted octanol–water partition coefficient (Wildman–Crippen LogP) is 5.12. The number of rotatable bonds is 8. The Morgan fingerprint density at radius 1 is 1.16 bits per heavy atom. The number of aliphatic hydroxyl groups is 1. The van der Waals surface area contributed by atoms with E-state index in [-0.39, 0.29) is 38.7 Å². The van der Waals surface area contributed by atoms with Gasteiger partial charge in [-0.25, -0.2) is 18.6 Å². The summed E-state index contributed by atoms with van der Waals surface area (Å²) in [6.45, 7) is 2.33. The molecular formula is C25H22F5N3O4S. The van der Waals surface area contributed by atoms with Crippen LogP contribution in [0.25, 0.3) is 20.7 Å². The topological polar surface area (TPSA) is 97.2 Å². The van der Waals surface area contributed by atoms with Gasteiger partial charge in [-0.1, -0.05) is 31.2 Å².